The molecule has 1 aliphatic heterocycles. The van der Waals surface area contributed by atoms with Gasteiger partial charge in [-0.1, -0.05) is 39.1 Å². The molecule has 0 N–H and O–H groups in total. The highest BCUT2D eigenvalue weighted by Crippen LogP contribution is 2.39. The van der Waals surface area contributed by atoms with Crippen LogP contribution < -0.4 is 4.90 Å². The Morgan fingerprint density at radius 1 is 1.41 bits per heavy atom. The summed E-state index contributed by atoms with van der Waals surface area (Å²) in [6.45, 7) is 0.469. The molecule has 0 radical (unpaired) electrons. The Hall–Kier alpha value is -0.690. The topological polar surface area (TPSA) is 20.3 Å². The zero-order valence-corrected chi connectivity index (χ0v) is 11.8. The largest absolute Gasteiger partial charge is 0.308 e. The number of halogens is 3. The van der Waals surface area contributed by atoms with E-state index in [1.165, 1.54) is 0 Å². The van der Waals surface area contributed by atoms with Crippen molar-refractivity contribution in [3.8, 4) is 12.3 Å². The molecule has 0 bridgehead atoms. The third-order valence-corrected chi connectivity index (χ3v) is 3.65. The van der Waals surface area contributed by atoms with Crippen LogP contribution in [0.4, 0.5) is 5.69 Å². The molecule has 0 saturated carbocycles. The van der Waals surface area contributed by atoms with Crippen LogP contribution in [0.5, 0.6) is 0 Å². The predicted molar refractivity (Wildman–Crippen MR) is 73.5 cm³/mol. The fourth-order valence-corrected chi connectivity index (χ4v) is 3.24. The average Bonchev–Trinajstić information content (AvgIpc) is 2.59. The molecule has 1 amide bonds. The van der Waals surface area contributed by atoms with Gasteiger partial charge in [0.1, 0.15) is 0 Å². The van der Waals surface area contributed by atoms with Gasteiger partial charge in [0.2, 0.25) is 5.91 Å². The lowest BCUT2D eigenvalue weighted by Gasteiger charge is -2.19. The number of nitrogens with zero attached hydrogens (tertiary/aromatic N) is 1. The molecule has 1 atom stereocenters. The lowest BCUT2D eigenvalue weighted by Crippen LogP contribution is -2.25. The predicted octanol–water partition coefficient (Wildman–Crippen LogP) is 3.74. The highest BCUT2D eigenvalue weighted by Gasteiger charge is 2.31. The molecule has 88 valence electrons. The molecule has 0 aromatic heterocycles. The summed E-state index contributed by atoms with van der Waals surface area (Å²) in [7, 11) is 0. The van der Waals surface area contributed by atoms with Gasteiger partial charge in [0.05, 0.1) is 15.7 Å². The van der Waals surface area contributed by atoms with E-state index in [1.807, 2.05) is 0 Å². The van der Waals surface area contributed by atoms with E-state index in [2.05, 4.69) is 21.9 Å². The Kier molecular flexibility index (Phi) is 3.67. The molecule has 1 saturated heterocycles. The van der Waals surface area contributed by atoms with Gasteiger partial charge >= 0.3 is 0 Å². The maximum Gasteiger partial charge on any atom is 0.228 e. The molecule has 1 aromatic carbocycles. The van der Waals surface area contributed by atoms with Crippen LogP contribution in [0.3, 0.4) is 0 Å². The summed E-state index contributed by atoms with van der Waals surface area (Å²) in [4.78, 5) is 13.4. The van der Waals surface area contributed by atoms with E-state index in [9.17, 15) is 4.79 Å². The maximum atomic E-state index is 11.8. The lowest BCUT2D eigenvalue weighted by molar-refractivity contribution is -0.117. The van der Waals surface area contributed by atoms with Gasteiger partial charge in [-0.05, 0) is 12.1 Å². The van der Waals surface area contributed by atoms with Gasteiger partial charge in [-0.2, -0.15) is 0 Å². The molecule has 1 unspecified atom stereocenters. The van der Waals surface area contributed by atoms with Crippen molar-refractivity contribution >= 4 is 50.7 Å². The van der Waals surface area contributed by atoms with Crippen LogP contribution in [0.1, 0.15) is 6.42 Å². The van der Waals surface area contributed by atoms with E-state index in [4.69, 9.17) is 29.6 Å². The first-order valence-electron chi connectivity index (χ1n) is 4.94. The minimum Gasteiger partial charge on any atom is -0.308 e. The smallest absolute Gasteiger partial charge is 0.228 e. The van der Waals surface area contributed by atoms with Crippen molar-refractivity contribution in [1.82, 2.24) is 0 Å². The van der Waals surface area contributed by atoms with Gasteiger partial charge in [0, 0.05) is 23.4 Å². The Morgan fingerprint density at radius 2 is 2.00 bits per heavy atom. The van der Waals surface area contributed by atoms with Crippen LogP contribution in [0.25, 0.3) is 0 Å². The summed E-state index contributed by atoms with van der Waals surface area (Å²) in [6, 6.07) is 3.42. The molecule has 1 fully saturated rings. The van der Waals surface area contributed by atoms with E-state index in [0.29, 0.717) is 28.7 Å². The molecule has 0 spiro atoms. The first-order chi connectivity index (χ1) is 8.02. The van der Waals surface area contributed by atoms with Crippen LogP contribution in [-0.2, 0) is 4.79 Å². The number of anilines is 1. The van der Waals surface area contributed by atoms with Crippen LogP contribution in [0, 0.1) is 18.3 Å². The highest BCUT2D eigenvalue weighted by molar-refractivity contribution is 9.10. The van der Waals surface area contributed by atoms with Crippen LogP contribution in [0.2, 0.25) is 10.0 Å². The number of hydrogen-bond acceptors (Lipinski definition) is 1. The van der Waals surface area contributed by atoms with E-state index >= 15 is 0 Å². The van der Waals surface area contributed by atoms with Crippen molar-refractivity contribution in [2.75, 3.05) is 11.4 Å². The van der Waals surface area contributed by atoms with E-state index in [-0.39, 0.29) is 11.8 Å². The van der Waals surface area contributed by atoms with Gasteiger partial charge < -0.3 is 4.90 Å². The summed E-state index contributed by atoms with van der Waals surface area (Å²) in [6.07, 6.45) is 5.68. The van der Waals surface area contributed by atoms with Gasteiger partial charge in [0.15, 0.2) is 0 Å². The summed E-state index contributed by atoms with van der Waals surface area (Å²) >= 11 is 15.5. The first kappa shape index (κ1) is 12.8. The average molecular weight is 333 g/mol. The van der Waals surface area contributed by atoms with Gasteiger partial charge in [0.25, 0.3) is 0 Å². The van der Waals surface area contributed by atoms with Crippen LogP contribution in [0.15, 0.2) is 16.6 Å². The summed E-state index contributed by atoms with van der Waals surface area (Å²) in [5.41, 5.74) is 0.541. The van der Waals surface area contributed by atoms with Crippen LogP contribution in [-0.4, -0.2) is 12.5 Å². The Morgan fingerprint density at radius 3 is 2.47 bits per heavy atom. The second-order valence-electron chi connectivity index (χ2n) is 3.79. The van der Waals surface area contributed by atoms with Crippen molar-refractivity contribution in [3.05, 3.63) is 26.7 Å². The number of carbonyl (C=O) groups excluding carboxylic acids is 1. The van der Waals surface area contributed by atoms with E-state index in [1.54, 1.807) is 17.0 Å². The Balaban J connectivity index is 2.42. The van der Waals surface area contributed by atoms with Crippen molar-refractivity contribution < 1.29 is 4.79 Å². The second kappa shape index (κ2) is 4.89. The molecule has 5 heteroatoms. The van der Waals surface area contributed by atoms with Crippen LogP contribution >= 0.6 is 39.1 Å². The molecular weight excluding hydrogens is 325 g/mol. The van der Waals surface area contributed by atoms with Crippen molar-refractivity contribution in [2.45, 2.75) is 6.42 Å². The second-order valence-corrected chi connectivity index (χ2v) is 5.52. The SMILES string of the molecule is C#CC1CC(=O)N(c2c(Cl)cc(Br)cc2Cl)C1. The lowest BCUT2D eigenvalue weighted by atomic mass is 10.1. The van der Waals surface area contributed by atoms with Gasteiger partial charge in [-0.15, -0.1) is 12.3 Å². The van der Waals surface area contributed by atoms with Gasteiger partial charge in [-0.3, -0.25) is 4.79 Å². The number of carbonyl (C=O) groups is 1. The molecule has 1 aliphatic rings. The zero-order chi connectivity index (χ0) is 12.6. The normalized spacial score (nSPS) is 19.5. The zero-order valence-electron chi connectivity index (χ0n) is 8.71. The summed E-state index contributed by atoms with van der Waals surface area (Å²) < 4.78 is 0.774. The Labute approximate surface area is 118 Å². The highest BCUT2D eigenvalue weighted by atomic mass is 79.9. The third-order valence-electron chi connectivity index (χ3n) is 2.61. The molecule has 1 aromatic rings. The molecular formula is C12H8BrCl2NO. The van der Waals surface area contributed by atoms with E-state index < -0.39 is 0 Å². The fourth-order valence-electron chi connectivity index (χ4n) is 1.83. The monoisotopic (exact) mass is 331 g/mol. The standard InChI is InChI=1S/C12H8BrCl2NO/c1-2-7-3-11(17)16(6-7)12-9(14)4-8(13)5-10(12)15/h1,4-5,7H,3,6H2. The Bertz CT molecular complexity index is 501. The molecule has 2 rings (SSSR count). The van der Waals surface area contributed by atoms with Crippen molar-refractivity contribution in [2.24, 2.45) is 5.92 Å². The first-order valence-corrected chi connectivity index (χ1v) is 6.49. The van der Waals surface area contributed by atoms with Gasteiger partial charge in [-0.25, -0.2) is 0 Å². The number of hydrogen-bond donors (Lipinski definition) is 0. The fraction of sp³-hybridized carbons (Fsp3) is 0.250. The number of rotatable bonds is 1. The third kappa shape index (κ3) is 2.44. The minimum absolute atomic E-state index is 0.0425. The van der Waals surface area contributed by atoms with Crippen molar-refractivity contribution in [1.29, 1.82) is 0 Å². The minimum atomic E-state index is -0.0710. The molecule has 2 nitrogen and oxygen atoms in total. The summed E-state index contributed by atoms with van der Waals surface area (Å²) in [5, 5.41) is 0.880. The molecule has 1 heterocycles. The molecule has 0 aliphatic carbocycles. The quantitative estimate of drug-likeness (QED) is 0.717. The van der Waals surface area contributed by atoms with E-state index in [0.717, 1.165) is 4.47 Å². The molecule has 17 heavy (non-hydrogen) atoms. The number of terminal acetylenes is 1. The summed E-state index contributed by atoms with van der Waals surface area (Å²) in [5.74, 6) is 2.47. The van der Waals surface area contributed by atoms with Crippen molar-refractivity contribution in [3.63, 3.8) is 0 Å². The number of amides is 1. The number of benzene rings is 1. The maximum absolute atomic E-state index is 11.8.